The molecule has 2 amide bonds. The quantitative estimate of drug-likeness (QED) is 0.252. The van der Waals surface area contributed by atoms with Crippen LogP contribution in [0, 0.1) is 11.6 Å². The summed E-state index contributed by atoms with van der Waals surface area (Å²) < 4.78 is 38.8. The van der Waals surface area contributed by atoms with Crippen molar-refractivity contribution in [1.29, 1.82) is 0 Å². The number of ether oxygens (including phenoxy) is 2. The lowest BCUT2D eigenvalue weighted by molar-refractivity contribution is -0.114. The third kappa shape index (κ3) is 6.33. The normalized spacial score (nSPS) is 16.9. The minimum Gasteiger partial charge on any atom is -0.496 e. The third-order valence-electron chi connectivity index (χ3n) is 5.44. The highest BCUT2D eigenvalue weighted by atomic mass is 19.1. The van der Waals surface area contributed by atoms with E-state index >= 15 is 0 Å². The van der Waals surface area contributed by atoms with E-state index in [1.807, 2.05) is 0 Å². The summed E-state index contributed by atoms with van der Waals surface area (Å²) in [7, 11) is 1.35. The van der Waals surface area contributed by atoms with Crippen LogP contribution < -0.4 is 27.3 Å². The second-order valence-electron chi connectivity index (χ2n) is 7.87. The molecule has 1 unspecified atom stereocenters. The molecule has 7 N–H and O–H groups in total. The fourth-order valence-corrected chi connectivity index (χ4v) is 3.61. The van der Waals surface area contributed by atoms with Crippen LogP contribution in [0.3, 0.4) is 0 Å². The molecular formula is C24H27F2N5O4. The van der Waals surface area contributed by atoms with Gasteiger partial charge in [0.1, 0.15) is 28.8 Å². The number of nitrogens with two attached hydrogens (primary N) is 3. The number of nitrogens with zero attached hydrogens (tertiary/aromatic N) is 1. The van der Waals surface area contributed by atoms with Gasteiger partial charge in [-0.05, 0) is 37.1 Å². The van der Waals surface area contributed by atoms with Gasteiger partial charge in [0, 0.05) is 24.3 Å². The molecule has 0 saturated carbocycles. The fourth-order valence-electron chi connectivity index (χ4n) is 3.61. The summed E-state index contributed by atoms with van der Waals surface area (Å²) in [6.07, 6.45) is 1.55. The number of benzene rings is 2. The average Bonchev–Trinajstić information content (AvgIpc) is 2.83. The maximum absolute atomic E-state index is 14.8. The van der Waals surface area contributed by atoms with Gasteiger partial charge < -0.3 is 32.0 Å². The predicted molar refractivity (Wildman–Crippen MR) is 126 cm³/mol. The van der Waals surface area contributed by atoms with Crippen LogP contribution in [-0.4, -0.2) is 44.0 Å². The van der Waals surface area contributed by atoms with Crippen LogP contribution >= 0.6 is 0 Å². The molecule has 3 rings (SSSR count). The van der Waals surface area contributed by atoms with Crippen molar-refractivity contribution in [3.05, 3.63) is 70.3 Å². The second-order valence-corrected chi connectivity index (χ2v) is 7.87. The molecule has 1 aliphatic rings. The summed E-state index contributed by atoms with van der Waals surface area (Å²) in [5.74, 6) is -2.83. The van der Waals surface area contributed by atoms with Crippen molar-refractivity contribution < 1.29 is 27.8 Å². The molecular weight excluding hydrogens is 460 g/mol. The molecule has 11 heteroatoms. The highest BCUT2D eigenvalue weighted by Crippen LogP contribution is 2.21. The molecule has 0 bridgehead atoms. The van der Waals surface area contributed by atoms with Crippen molar-refractivity contribution in [2.45, 2.75) is 25.4 Å². The van der Waals surface area contributed by atoms with Crippen LogP contribution in [0.4, 0.5) is 8.78 Å². The monoisotopic (exact) mass is 487 g/mol. The summed E-state index contributed by atoms with van der Waals surface area (Å²) in [6, 6.07) is 7.22. The Hall–Kier alpha value is -3.99. The highest BCUT2D eigenvalue weighted by molar-refractivity contribution is 6.24. The van der Waals surface area contributed by atoms with Crippen molar-refractivity contribution >= 4 is 23.3 Å². The number of amides is 2. The van der Waals surface area contributed by atoms with E-state index in [-0.39, 0.29) is 52.1 Å². The topological polar surface area (TPSA) is 155 Å². The Morgan fingerprint density at radius 2 is 1.94 bits per heavy atom. The summed E-state index contributed by atoms with van der Waals surface area (Å²) in [5, 5.41) is 2.52. The first-order valence-corrected chi connectivity index (χ1v) is 10.8. The van der Waals surface area contributed by atoms with Crippen LogP contribution in [0.15, 0.2) is 47.0 Å². The van der Waals surface area contributed by atoms with Crippen molar-refractivity contribution in [3.8, 4) is 5.75 Å². The molecule has 0 spiro atoms. The minimum atomic E-state index is -0.902. The molecule has 2 aromatic rings. The van der Waals surface area contributed by atoms with Crippen molar-refractivity contribution in [2.24, 2.45) is 22.2 Å². The number of carbonyl (C=O) groups excluding carboxylic acids is 2. The van der Waals surface area contributed by atoms with Gasteiger partial charge in [0.05, 0.1) is 31.0 Å². The predicted octanol–water partition coefficient (Wildman–Crippen LogP) is 1.59. The first kappa shape index (κ1) is 25.6. The van der Waals surface area contributed by atoms with Crippen LogP contribution in [-0.2, 0) is 16.1 Å². The molecule has 1 atom stereocenters. The van der Waals surface area contributed by atoms with Gasteiger partial charge in [0.25, 0.3) is 11.8 Å². The zero-order valence-electron chi connectivity index (χ0n) is 19.1. The smallest absolute Gasteiger partial charge is 0.255 e. The molecule has 9 nitrogen and oxygen atoms in total. The second kappa shape index (κ2) is 11.4. The molecule has 2 aromatic carbocycles. The number of aliphatic imine (C=N–C) groups is 1. The Balaban J connectivity index is 1.80. The zero-order valence-corrected chi connectivity index (χ0v) is 19.1. The molecule has 0 aromatic heterocycles. The largest absolute Gasteiger partial charge is 0.496 e. The van der Waals surface area contributed by atoms with Crippen LogP contribution in [0.2, 0.25) is 0 Å². The Labute approximate surface area is 201 Å². The number of hydrogen-bond donors (Lipinski definition) is 4. The Kier molecular flexibility index (Phi) is 8.37. The molecule has 1 heterocycles. The van der Waals surface area contributed by atoms with Gasteiger partial charge in [-0.1, -0.05) is 12.1 Å². The molecule has 35 heavy (non-hydrogen) atoms. The fraction of sp³-hybridized carbons (Fsp3) is 0.292. The lowest BCUT2D eigenvalue weighted by Crippen LogP contribution is -2.32. The van der Waals surface area contributed by atoms with E-state index in [0.29, 0.717) is 13.2 Å². The molecule has 0 radical (unpaired) electrons. The number of amidine groups is 1. The molecule has 1 fully saturated rings. The molecule has 1 saturated heterocycles. The Morgan fingerprint density at radius 3 is 2.57 bits per heavy atom. The van der Waals surface area contributed by atoms with Crippen LogP contribution in [0.1, 0.15) is 34.3 Å². The number of primary amides is 1. The Morgan fingerprint density at radius 1 is 1.17 bits per heavy atom. The SMILES string of the molecule is COc1ccc(F)cc1C(=O)NCc1ccc(C(N)=C(C(N)=O)C(N)=NC2CCCOC2)cc1F. The number of rotatable bonds is 8. The summed E-state index contributed by atoms with van der Waals surface area (Å²) in [6.45, 7) is 0.805. The van der Waals surface area contributed by atoms with Crippen molar-refractivity contribution in [3.63, 3.8) is 0 Å². The van der Waals surface area contributed by atoms with Gasteiger partial charge in [-0.2, -0.15) is 0 Å². The first-order valence-electron chi connectivity index (χ1n) is 10.8. The maximum Gasteiger partial charge on any atom is 0.255 e. The van der Waals surface area contributed by atoms with Gasteiger partial charge in [0.15, 0.2) is 0 Å². The summed E-state index contributed by atoms with van der Waals surface area (Å²) in [4.78, 5) is 28.8. The number of nitrogens with one attached hydrogen (secondary N) is 1. The zero-order chi connectivity index (χ0) is 25.5. The number of carbonyl (C=O) groups is 2. The van der Waals surface area contributed by atoms with Gasteiger partial charge in [-0.15, -0.1) is 0 Å². The number of hydrogen-bond acceptors (Lipinski definition) is 6. The van der Waals surface area contributed by atoms with E-state index < -0.39 is 23.4 Å². The lowest BCUT2D eigenvalue weighted by atomic mass is 10.0. The van der Waals surface area contributed by atoms with E-state index in [1.165, 1.54) is 25.3 Å². The van der Waals surface area contributed by atoms with E-state index in [2.05, 4.69) is 10.3 Å². The van der Waals surface area contributed by atoms with E-state index in [9.17, 15) is 18.4 Å². The van der Waals surface area contributed by atoms with Gasteiger partial charge in [-0.25, -0.2) is 8.78 Å². The first-order chi connectivity index (χ1) is 16.7. The van der Waals surface area contributed by atoms with Crippen LogP contribution in [0.5, 0.6) is 5.75 Å². The Bertz CT molecular complexity index is 1180. The molecule has 1 aliphatic heterocycles. The summed E-state index contributed by atoms with van der Waals surface area (Å²) in [5.41, 5.74) is 17.5. The number of halogens is 2. The maximum atomic E-state index is 14.8. The minimum absolute atomic E-state index is 0.0269. The summed E-state index contributed by atoms with van der Waals surface area (Å²) >= 11 is 0. The average molecular weight is 488 g/mol. The highest BCUT2D eigenvalue weighted by Gasteiger charge is 2.21. The molecule has 0 aliphatic carbocycles. The van der Waals surface area contributed by atoms with E-state index in [4.69, 9.17) is 26.7 Å². The lowest BCUT2D eigenvalue weighted by Gasteiger charge is -2.19. The van der Waals surface area contributed by atoms with Gasteiger partial charge in [-0.3, -0.25) is 14.6 Å². The van der Waals surface area contributed by atoms with E-state index in [0.717, 1.165) is 31.0 Å². The van der Waals surface area contributed by atoms with Crippen LogP contribution in [0.25, 0.3) is 5.70 Å². The van der Waals surface area contributed by atoms with Gasteiger partial charge >= 0.3 is 0 Å². The van der Waals surface area contributed by atoms with Crippen molar-refractivity contribution in [1.82, 2.24) is 5.32 Å². The number of methoxy groups -OCH3 is 1. The molecule has 186 valence electrons. The van der Waals surface area contributed by atoms with Gasteiger partial charge in [0.2, 0.25) is 0 Å². The standard InChI is InChI=1S/C24H27F2N5O4/c1-34-19-7-6-15(25)10-17(19)24(33)30-11-14-5-4-13(9-18(14)26)21(27)20(23(29)32)22(28)31-16-3-2-8-35-12-16/h4-7,9-10,16H,2-3,8,11-12,27H2,1H3,(H2,28,31)(H2,29,32)(H,30,33). The van der Waals surface area contributed by atoms with Crippen molar-refractivity contribution in [2.75, 3.05) is 20.3 Å². The van der Waals surface area contributed by atoms with E-state index in [1.54, 1.807) is 0 Å². The third-order valence-corrected chi connectivity index (χ3v) is 5.44.